The van der Waals surface area contributed by atoms with Crippen molar-refractivity contribution in [2.24, 2.45) is 0 Å². The number of alkyl halides is 7. The second-order valence-corrected chi connectivity index (χ2v) is 12.0. The quantitative estimate of drug-likeness (QED) is 0.238. The number of anilines is 1. The van der Waals surface area contributed by atoms with Crippen molar-refractivity contribution >= 4 is 15.5 Å². The van der Waals surface area contributed by atoms with Gasteiger partial charge < -0.3 is 4.90 Å². The summed E-state index contributed by atoms with van der Waals surface area (Å²) in [5.74, 6) is -1.39. The van der Waals surface area contributed by atoms with Gasteiger partial charge in [-0.05, 0) is 66.8 Å². The number of rotatable bonds is 4. The molecule has 0 unspecified atom stereocenters. The van der Waals surface area contributed by atoms with E-state index in [9.17, 15) is 47.9 Å². The molecule has 13 heteroatoms. The number of sulfone groups is 1. The Morgan fingerprint density at radius 3 is 2.05 bits per heavy atom. The van der Waals surface area contributed by atoms with Crippen LogP contribution in [0.4, 0.5) is 45.2 Å². The van der Waals surface area contributed by atoms with E-state index in [1.807, 2.05) is 0 Å². The van der Waals surface area contributed by atoms with Gasteiger partial charge in [-0.25, -0.2) is 21.6 Å². The van der Waals surface area contributed by atoms with Crippen LogP contribution in [0.2, 0.25) is 0 Å². The predicted octanol–water partition coefficient (Wildman–Crippen LogP) is 7.15. The van der Waals surface area contributed by atoms with E-state index in [0.29, 0.717) is 12.1 Å². The van der Waals surface area contributed by atoms with Gasteiger partial charge in [-0.2, -0.15) is 26.3 Å². The highest BCUT2D eigenvalue weighted by Gasteiger charge is 2.73. The van der Waals surface area contributed by atoms with Crippen LogP contribution < -0.4 is 4.90 Å². The van der Waals surface area contributed by atoms with Gasteiger partial charge in [0.05, 0.1) is 16.6 Å². The molecule has 2 aliphatic rings. The summed E-state index contributed by atoms with van der Waals surface area (Å²) in [7, 11) is -4.52. The lowest BCUT2D eigenvalue weighted by molar-refractivity contribution is -0.348. The highest BCUT2D eigenvalue weighted by molar-refractivity contribution is 7.92. The molecule has 1 aliphatic heterocycles. The maximum absolute atomic E-state index is 14.9. The number of aryl methyl sites for hydroxylation is 1. The normalized spacial score (nSPS) is 21.7. The summed E-state index contributed by atoms with van der Waals surface area (Å²) in [5, 5.41) is 0. The van der Waals surface area contributed by atoms with Gasteiger partial charge in [0.2, 0.25) is 0 Å². The van der Waals surface area contributed by atoms with Gasteiger partial charge >= 0.3 is 18.0 Å². The third-order valence-corrected chi connectivity index (χ3v) is 10.4. The van der Waals surface area contributed by atoms with Crippen LogP contribution in [0.15, 0.2) is 71.6 Å². The van der Waals surface area contributed by atoms with Gasteiger partial charge in [0.1, 0.15) is 16.4 Å². The van der Waals surface area contributed by atoms with Crippen LogP contribution in [0.3, 0.4) is 0 Å². The summed E-state index contributed by atoms with van der Waals surface area (Å²) in [5.41, 5.74) is -7.65. The van der Waals surface area contributed by atoms with Crippen molar-refractivity contribution in [3.8, 4) is 0 Å². The summed E-state index contributed by atoms with van der Waals surface area (Å²) in [6.45, 7) is -0.0225. The molecule has 0 spiro atoms. The number of hydrogen-bond donors (Lipinski definition) is 0. The molecule has 0 N–H and O–H groups in total. The lowest BCUT2D eigenvalue weighted by Crippen LogP contribution is -2.52. The van der Waals surface area contributed by atoms with E-state index < -0.39 is 55.8 Å². The van der Waals surface area contributed by atoms with Crippen LogP contribution >= 0.6 is 0 Å². The second-order valence-electron chi connectivity index (χ2n) is 9.82. The average Bonchev–Trinajstić information content (AvgIpc) is 3.28. The number of halogens is 9. The van der Waals surface area contributed by atoms with Gasteiger partial charge in [-0.15, -0.1) is 0 Å². The topological polar surface area (TPSA) is 37.4 Å². The summed E-state index contributed by atoms with van der Waals surface area (Å²) in [4.78, 5) is 1.18. The largest absolute Gasteiger partial charge is 0.435 e. The molecule has 0 bridgehead atoms. The highest BCUT2D eigenvalue weighted by Crippen LogP contribution is 2.57. The molecule has 2 atom stereocenters. The van der Waals surface area contributed by atoms with E-state index in [4.69, 9.17) is 0 Å². The fourth-order valence-electron chi connectivity index (χ4n) is 6.03. The molecule has 40 heavy (non-hydrogen) atoms. The van der Waals surface area contributed by atoms with E-state index in [1.54, 1.807) is 0 Å². The number of para-hydroxylation sites is 1. The van der Waals surface area contributed by atoms with Crippen LogP contribution in [0, 0.1) is 11.6 Å². The van der Waals surface area contributed by atoms with E-state index in [0.717, 1.165) is 30.3 Å². The standard InChI is InChI=1S/C27H20F9NO2S/c28-18-7-9-19(10-8-18)40(38,39)24-13-14-37(22-4-2-1-3-21(22)29)23(24)12-5-16-15-17(6-11-20(16)24)25(30,26(31,32)33)27(34,35)36/h1-4,6-11,15,23H,5,12-14H2/t23-,24-/m1/s1. The molecular weight excluding hydrogens is 573 g/mol. The van der Waals surface area contributed by atoms with Crippen LogP contribution in [-0.2, 0) is 26.7 Å². The number of fused-ring (bicyclic) bond motifs is 3. The van der Waals surface area contributed by atoms with E-state index >= 15 is 0 Å². The van der Waals surface area contributed by atoms with Gasteiger partial charge in [-0.3, -0.25) is 0 Å². The van der Waals surface area contributed by atoms with Crippen LogP contribution in [0.1, 0.15) is 29.5 Å². The lowest BCUT2D eigenvalue weighted by atomic mass is 9.76. The van der Waals surface area contributed by atoms with Crippen molar-refractivity contribution in [1.29, 1.82) is 0 Å². The Kier molecular flexibility index (Phi) is 6.48. The van der Waals surface area contributed by atoms with E-state index in [1.165, 1.54) is 29.2 Å². The van der Waals surface area contributed by atoms with Crippen molar-refractivity contribution in [1.82, 2.24) is 0 Å². The van der Waals surface area contributed by atoms with Gasteiger partial charge in [0.15, 0.2) is 9.84 Å². The molecule has 1 fully saturated rings. The molecule has 3 aromatic carbocycles. The Bertz CT molecular complexity index is 1540. The van der Waals surface area contributed by atoms with Gasteiger partial charge in [0, 0.05) is 12.1 Å². The van der Waals surface area contributed by atoms with Crippen LogP contribution in [0.5, 0.6) is 0 Å². The molecule has 5 rings (SSSR count). The Labute approximate surface area is 223 Å². The second kappa shape index (κ2) is 9.15. The monoisotopic (exact) mass is 593 g/mol. The summed E-state index contributed by atoms with van der Waals surface area (Å²) >= 11 is 0. The molecule has 0 radical (unpaired) electrons. The molecule has 0 amide bonds. The SMILES string of the molecule is O=S(=O)(c1ccc(F)cc1)[C@@]12CCN(c3ccccc3F)[C@@H]1CCc1cc(C(F)(C(F)(F)F)C(F)(F)F)ccc12. The van der Waals surface area contributed by atoms with Crippen LogP contribution in [0.25, 0.3) is 0 Å². The molecule has 214 valence electrons. The van der Waals surface area contributed by atoms with Gasteiger partial charge in [0.25, 0.3) is 0 Å². The zero-order valence-corrected chi connectivity index (χ0v) is 21.1. The lowest BCUT2D eigenvalue weighted by Gasteiger charge is -2.43. The first-order valence-electron chi connectivity index (χ1n) is 12.0. The van der Waals surface area contributed by atoms with E-state index in [2.05, 4.69) is 0 Å². The molecule has 0 aromatic heterocycles. The summed E-state index contributed by atoms with van der Waals surface area (Å²) in [6, 6.07) is 9.89. The first kappa shape index (κ1) is 28.3. The minimum absolute atomic E-state index is 0.0225. The molecule has 1 aliphatic carbocycles. The smallest absolute Gasteiger partial charge is 0.364 e. The molecule has 0 saturated carbocycles. The third kappa shape index (κ3) is 3.91. The highest BCUT2D eigenvalue weighted by atomic mass is 32.2. The zero-order valence-electron chi connectivity index (χ0n) is 20.3. The summed E-state index contributed by atoms with van der Waals surface area (Å²) < 4.78 is 151. The zero-order chi connectivity index (χ0) is 29.3. The maximum Gasteiger partial charge on any atom is 0.435 e. The number of hydrogen-bond acceptors (Lipinski definition) is 3. The van der Waals surface area contributed by atoms with Crippen molar-refractivity contribution in [2.75, 3.05) is 11.4 Å². The third-order valence-electron chi connectivity index (χ3n) is 7.83. The Balaban J connectivity index is 1.74. The minimum Gasteiger partial charge on any atom is -0.364 e. The first-order valence-corrected chi connectivity index (χ1v) is 13.5. The summed E-state index contributed by atoms with van der Waals surface area (Å²) in [6.07, 6.45) is -13.2. The van der Waals surface area contributed by atoms with Crippen molar-refractivity contribution in [3.05, 3.63) is 95.1 Å². The minimum atomic E-state index is -6.34. The molecule has 1 saturated heterocycles. The molecular formula is C27H20F9NO2S. The number of benzene rings is 3. The molecule has 3 aromatic rings. The van der Waals surface area contributed by atoms with Crippen LogP contribution in [-0.4, -0.2) is 33.4 Å². The fourth-order valence-corrected chi connectivity index (χ4v) is 8.39. The van der Waals surface area contributed by atoms with Crippen molar-refractivity contribution < 1.29 is 47.9 Å². The Morgan fingerprint density at radius 2 is 1.45 bits per heavy atom. The maximum atomic E-state index is 14.9. The van der Waals surface area contributed by atoms with Gasteiger partial charge in [-0.1, -0.05) is 30.3 Å². The average molecular weight is 594 g/mol. The number of nitrogens with zero attached hydrogens (tertiary/aromatic N) is 1. The van der Waals surface area contributed by atoms with E-state index in [-0.39, 0.29) is 47.5 Å². The fraction of sp³-hybridized carbons (Fsp3) is 0.333. The predicted molar refractivity (Wildman–Crippen MR) is 127 cm³/mol. The molecule has 1 heterocycles. The first-order chi connectivity index (χ1) is 18.6. The van der Waals surface area contributed by atoms with Crippen molar-refractivity contribution in [3.63, 3.8) is 0 Å². The molecule has 3 nitrogen and oxygen atoms in total. The van der Waals surface area contributed by atoms with Crippen molar-refractivity contribution in [2.45, 2.75) is 53.0 Å². The Hall–Kier alpha value is -3.22. The Morgan fingerprint density at radius 1 is 0.825 bits per heavy atom.